The lowest BCUT2D eigenvalue weighted by atomic mass is 10.1. The molecule has 0 saturated carbocycles. The average molecular weight is 130 g/mol. The van der Waals surface area contributed by atoms with Gasteiger partial charge in [-0.15, -0.1) is 0 Å². The second kappa shape index (κ2) is 4.77. The molecule has 0 aromatic rings. The molecule has 0 aliphatic heterocycles. The van der Waals surface area contributed by atoms with E-state index >= 15 is 0 Å². The van der Waals surface area contributed by atoms with E-state index in [4.69, 9.17) is 0 Å². The number of nitrogens with one attached hydrogen (secondary N) is 1. The summed E-state index contributed by atoms with van der Waals surface area (Å²) in [6, 6.07) is 0. The van der Waals surface area contributed by atoms with Crippen molar-refractivity contribution in [3.63, 3.8) is 0 Å². The molecule has 0 heterocycles. The van der Waals surface area contributed by atoms with Crippen LogP contribution in [0.3, 0.4) is 0 Å². The monoisotopic (exact) mass is 130 g/mol. The predicted octanol–water partition coefficient (Wildman–Crippen LogP) is 1.40. The van der Waals surface area contributed by atoms with Crippen molar-refractivity contribution in [1.82, 2.24) is 5.32 Å². The summed E-state index contributed by atoms with van der Waals surface area (Å²) in [5.41, 5.74) is 0. The Labute approximate surface area is 57.3 Å². The first-order valence-corrected chi connectivity index (χ1v) is 3.52. The molecule has 0 aliphatic carbocycles. The van der Waals surface area contributed by atoms with Gasteiger partial charge in [0, 0.05) is 0 Å². The predicted molar refractivity (Wildman–Crippen MR) is 37.6 cm³/mol. The smallest absolute Gasteiger partial charge is 0.140 e. The molecule has 0 amide bonds. The Hall–Kier alpha value is -0.0800. The summed E-state index contributed by atoms with van der Waals surface area (Å²) in [5.74, 6) is 0.691. The number of hydrogen-bond donors (Lipinski definition) is 1. The highest BCUT2D eigenvalue weighted by atomic mass is 16.3. The molecule has 0 fully saturated rings. The molecule has 1 N–H and O–H groups in total. The van der Waals surface area contributed by atoms with Crippen molar-refractivity contribution in [3.8, 4) is 0 Å². The van der Waals surface area contributed by atoms with Gasteiger partial charge in [-0.3, -0.25) is 5.32 Å². The first-order chi connectivity index (χ1) is 4.13. The van der Waals surface area contributed by atoms with E-state index in [9.17, 15) is 5.11 Å². The topological polar surface area (TPSA) is 31.9 Å². The first-order valence-electron chi connectivity index (χ1n) is 3.52. The molecule has 9 heavy (non-hydrogen) atoms. The second-order valence-corrected chi connectivity index (χ2v) is 2.78. The standard InChI is InChI=1S/C7H16NO/c1-6(2)4-5-8-7(3)9/h6-8H,4-5H2,1-3H3. The molecule has 0 saturated heterocycles. The Morgan fingerprint density at radius 1 is 1.33 bits per heavy atom. The van der Waals surface area contributed by atoms with E-state index in [1.165, 1.54) is 0 Å². The molecule has 0 bridgehead atoms. The highest BCUT2D eigenvalue weighted by Gasteiger charge is 1.96. The van der Waals surface area contributed by atoms with Crippen molar-refractivity contribution >= 4 is 0 Å². The van der Waals surface area contributed by atoms with Gasteiger partial charge in [0.2, 0.25) is 0 Å². The van der Waals surface area contributed by atoms with E-state index in [1.807, 2.05) is 0 Å². The van der Waals surface area contributed by atoms with Gasteiger partial charge >= 0.3 is 0 Å². The van der Waals surface area contributed by atoms with Crippen molar-refractivity contribution in [2.45, 2.75) is 33.4 Å². The largest absolute Gasteiger partial charge is 0.290 e. The van der Waals surface area contributed by atoms with E-state index in [2.05, 4.69) is 19.2 Å². The van der Waals surface area contributed by atoms with Gasteiger partial charge in [0.05, 0.1) is 0 Å². The van der Waals surface area contributed by atoms with Crippen LogP contribution in [0.25, 0.3) is 0 Å². The zero-order valence-corrected chi connectivity index (χ0v) is 6.48. The number of rotatable bonds is 4. The lowest BCUT2D eigenvalue weighted by Crippen LogP contribution is -2.25. The van der Waals surface area contributed by atoms with Gasteiger partial charge < -0.3 is 0 Å². The van der Waals surface area contributed by atoms with Crippen LogP contribution in [-0.4, -0.2) is 12.8 Å². The third-order valence-electron chi connectivity index (χ3n) is 1.15. The molecule has 2 nitrogen and oxygen atoms in total. The minimum Gasteiger partial charge on any atom is -0.290 e. The highest BCUT2D eigenvalue weighted by Crippen LogP contribution is 1.96. The van der Waals surface area contributed by atoms with Gasteiger partial charge in [0.25, 0.3) is 0 Å². The van der Waals surface area contributed by atoms with Gasteiger partial charge in [0.15, 0.2) is 0 Å². The maximum Gasteiger partial charge on any atom is 0.140 e. The zero-order valence-electron chi connectivity index (χ0n) is 6.48. The summed E-state index contributed by atoms with van der Waals surface area (Å²) in [6.45, 7) is 6.77. The van der Waals surface area contributed by atoms with E-state index in [1.54, 1.807) is 6.92 Å². The van der Waals surface area contributed by atoms with E-state index in [0.717, 1.165) is 13.0 Å². The molecular weight excluding hydrogens is 114 g/mol. The van der Waals surface area contributed by atoms with Crippen LogP contribution < -0.4 is 5.32 Å². The molecule has 0 aromatic carbocycles. The summed E-state index contributed by atoms with van der Waals surface area (Å²) >= 11 is 0. The minimum atomic E-state index is -0.608. The van der Waals surface area contributed by atoms with Gasteiger partial charge in [-0.2, -0.15) is 0 Å². The van der Waals surface area contributed by atoms with Crippen LogP contribution in [0, 0.1) is 5.92 Å². The Morgan fingerprint density at radius 2 is 1.89 bits per heavy atom. The molecule has 1 atom stereocenters. The normalized spacial score (nSPS) is 14.3. The second-order valence-electron chi connectivity index (χ2n) is 2.78. The number of hydrogen-bond acceptors (Lipinski definition) is 1. The molecule has 0 rings (SSSR count). The maximum atomic E-state index is 10.4. The van der Waals surface area contributed by atoms with Crippen LogP contribution >= 0.6 is 0 Å². The zero-order chi connectivity index (χ0) is 7.28. The summed E-state index contributed by atoms with van der Waals surface area (Å²) in [6.07, 6.45) is 0.482. The molecule has 1 unspecified atom stereocenters. The Balaban J connectivity index is 2.91. The lowest BCUT2D eigenvalue weighted by molar-refractivity contribution is 0.0744. The Bertz CT molecular complexity index is 53.9. The van der Waals surface area contributed by atoms with Crippen LogP contribution in [0.2, 0.25) is 0 Å². The summed E-state index contributed by atoms with van der Waals surface area (Å²) < 4.78 is 0. The van der Waals surface area contributed by atoms with Crippen LogP contribution in [0.15, 0.2) is 0 Å². The lowest BCUT2D eigenvalue weighted by Gasteiger charge is -2.06. The molecule has 0 aliphatic rings. The van der Waals surface area contributed by atoms with Crippen molar-refractivity contribution in [3.05, 3.63) is 0 Å². The fourth-order valence-corrected chi connectivity index (χ4v) is 0.575. The van der Waals surface area contributed by atoms with Crippen LogP contribution in [0.1, 0.15) is 27.2 Å². The molecule has 55 valence electrons. The molecular formula is C7H16NO. The van der Waals surface area contributed by atoms with Crippen LogP contribution in [0.4, 0.5) is 0 Å². The van der Waals surface area contributed by atoms with Crippen LogP contribution in [-0.2, 0) is 5.11 Å². The molecule has 1 radical (unpaired) electrons. The first kappa shape index (κ1) is 8.92. The summed E-state index contributed by atoms with van der Waals surface area (Å²) in [5, 5.41) is 13.2. The third-order valence-corrected chi connectivity index (χ3v) is 1.15. The van der Waals surface area contributed by atoms with Gasteiger partial charge in [-0.05, 0) is 25.8 Å². The van der Waals surface area contributed by atoms with Crippen molar-refractivity contribution in [2.75, 3.05) is 6.54 Å². The SMILES string of the molecule is CC(C)CCNC(C)[O]. The van der Waals surface area contributed by atoms with E-state index < -0.39 is 6.23 Å². The summed E-state index contributed by atoms with van der Waals surface area (Å²) in [7, 11) is 0. The van der Waals surface area contributed by atoms with E-state index in [0.29, 0.717) is 5.92 Å². The fraction of sp³-hybridized carbons (Fsp3) is 1.00. The van der Waals surface area contributed by atoms with Crippen LogP contribution in [0.5, 0.6) is 0 Å². The molecule has 0 aromatic heterocycles. The third kappa shape index (κ3) is 7.92. The quantitative estimate of drug-likeness (QED) is 0.573. The van der Waals surface area contributed by atoms with Crippen molar-refractivity contribution < 1.29 is 5.11 Å². The average Bonchev–Trinajstić information content (AvgIpc) is 1.63. The van der Waals surface area contributed by atoms with Gasteiger partial charge in [-0.25, -0.2) is 5.11 Å². The van der Waals surface area contributed by atoms with E-state index in [-0.39, 0.29) is 0 Å². The Kier molecular flexibility index (Phi) is 4.72. The van der Waals surface area contributed by atoms with Crippen molar-refractivity contribution in [2.24, 2.45) is 5.92 Å². The highest BCUT2D eigenvalue weighted by molar-refractivity contribution is 4.49. The maximum absolute atomic E-state index is 10.4. The summed E-state index contributed by atoms with van der Waals surface area (Å²) in [4.78, 5) is 0. The van der Waals surface area contributed by atoms with Gasteiger partial charge in [0.1, 0.15) is 6.23 Å². The van der Waals surface area contributed by atoms with Crippen molar-refractivity contribution in [1.29, 1.82) is 0 Å². The Morgan fingerprint density at radius 3 is 2.22 bits per heavy atom. The van der Waals surface area contributed by atoms with Gasteiger partial charge in [-0.1, -0.05) is 13.8 Å². The molecule has 0 spiro atoms. The minimum absolute atomic E-state index is 0.608. The fourth-order valence-electron chi connectivity index (χ4n) is 0.575. The molecule has 2 heteroatoms.